The second-order valence-corrected chi connectivity index (χ2v) is 22.4. The summed E-state index contributed by atoms with van der Waals surface area (Å²) in [6.45, 7) is 9.54. The van der Waals surface area contributed by atoms with Crippen LogP contribution < -0.4 is 14.7 Å². The van der Waals surface area contributed by atoms with Crippen molar-refractivity contribution in [1.29, 1.82) is 0 Å². The zero-order chi connectivity index (χ0) is 53.0. The molecule has 0 saturated carbocycles. The molecule has 0 unspecified atom stereocenters. The van der Waals surface area contributed by atoms with Gasteiger partial charge in [0, 0.05) is 60.2 Å². The number of nitrogens with zero attached hydrogens (tertiary/aromatic N) is 3. The highest BCUT2D eigenvalue weighted by molar-refractivity contribution is 6.17. The fourth-order valence-electron chi connectivity index (χ4n) is 13.7. The van der Waals surface area contributed by atoms with Gasteiger partial charge in [0.25, 0.3) is 0 Å². The first-order valence-electron chi connectivity index (χ1n) is 27.7. The van der Waals surface area contributed by atoms with Crippen molar-refractivity contribution in [2.75, 3.05) is 14.7 Å². The van der Waals surface area contributed by atoms with Crippen molar-refractivity contribution in [2.24, 2.45) is 0 Å². The standard InChI is InChI=1S/C76H57N3/c1-75(2)63-42-24-22-40-61(63)73-59-38-20-18-36-57(59)71(48-65(73)75)78(51-28-10-6-11-29-51)69-46-44-67(53-32-14-16-34-55(53)69)77(50-26-8-5-9-27-50)68-45-47-70(56-35-17-15-33-54(56)68)79(52-30-12-7-13-31-52)72-49-66-74(60-39-21-19-37-58(60)72)62-41-23-25-43-64(62)76(66,3)4/h5-49H,1-4H3. The molecule has 79 heavy (non-hydrogen) atoms. The lowest BCUT2D eigenvalue weighted by Crippen LogP contribution is -2.17. The van der Waals surface area contributed by atoms with Gasteiger partial charge in [-0.15, -0.1) is 0 Å². The van der Waals surface area contributed by atoms with Gasteiger partial charge in [0.05, 0.1) is 34.1 Å². The molecule has 3 heteroatoms. The molecule has 0 amide bonds. The van der Waals surface area contributed by atoms with Crippen molar-refractivity contribution in [3.63, 3.8) is 0 Å². The lowest BCUT2D eigenvalue weighted by Gasteiger charge is -2.33. The van der Waals surface area contributed by atoms with Crippen LogP contribution in [0, 0.1) is 0 Å². The third-order valence-corrected chi connectivity index (χ3v) is 17.4. The molecular weight excluding hydrogens is 955 g/mol. The SMILES string of the molecule is CC1(C)c2ccccc2-c2c1cc(N(c1ccccc1)c1ccc(N(c3ccccc3)c3ccc(N(c4ccccc4)c4cc5c(c6ccccc46)-c4ccccc4C5(C)C)c4ccccc34)c3ccccc13)c1ccccc21. The summed E-state index contributed by atoms with van der Waals surface area (Å²) in [5.41, 5.74) is 20.4. The van der Waals surface area contributed by atoms with Crippen LogP contribution in [0.3, 0.4) is 0 Å². The molecule has 15 rings (SSSR count). The first-order valence-corrected chi connectivity index (χ1v) is 27.7. The highest BCUT2D eigenvalue weighted by Gasteiger charge is 2.40. The lowest BCUT2D eigenvalue weighted by atomic mass is 9.81. The monoisotopic (exact) mass is 1010 g/mol. The Bertz CT molecular complexity index is 4280. The van der Waals surface area contributed by atoms with Gasteiger partial charge in [-0.25, -0.2) is 0 Å². The van der Waals surface area contributed by atoms with E-state index in [9.17, 15) is 0 Å². The molecule has 13 aromatic rings. The minimum absolute atomic E-state index is 0.190. The van der Waals surface area contributed by atoms with Crippen molar-refractivity contribution in [3.05, 3.63) is 295 Å². The number of benzene rings is 13. The predicted octanol–water partition coefficient (Wildman–Crippen LogP) is 21.3. The number of fused-ring (bicyclic) bond motifs is 12. The van der Waals surface area contributed by atoms with E-state index >= 15 is 0 Å². The Morgan fingerprint density at radius 3 is 0.772 bits per heavy atom. The number of hydrogen-bond donors (Lipinski definition) is 0. The van der Waals surface area contributed by atoms with Crippen LogP contribution in [-0.4, -0.2) is 0 Å². The Morgan fingerprint density at radius 2 is 0.456 bits per heavy atom. The first kappa shape index (κ1) is 46.6. The summed E-state index contributed by atoms with van der Waals surface area (Å²) in [6.07, 6.45) is 0. The molecular formula is C76H57N3. The summed E-state index contributed by atoms with van der Waals surface area (Å²) in [6, 6.07) is 101. The van der Waals surface area contributed by atoms with Crippen molar-refractivity contribution in [1.82, 2.24) is 0 Å². The van der Waals surface area contributed by atoms with E-state index in [0.29, 0.717) is 0 Å². The first-order chi connectivity index (χ1) is 38.8. The maximum atomic E-state index is 2.51. The average molecular weight is 1010 g/mol. The summed E-state index contributed by atoms with van der Waals surface area (Å²) in [4.78, 5) is 7.49. The van der Waals surface area contributed by atoms with E-state index in [2.05, 4.69) is 315 Å². The van der Waals surface area contributed by atoms with Crippen LogP contribution in [0.15, 0.2) is 273 Å². The Hall–Kier alpha value is -9.70. The van der Waals surface area contributed by atoms with Crippen LogP contribution in [0.25, 0.3) is 65.3 Å². The van der Waals surface area contributed by atoms with Crippen LogP contribution in [0.1, 0.15) is 49.9 Å². The molecule has 0 radical (unpaired) electrons. The van der Waals surface area contributed by atoms with Gasteiger partial charge < -0.3 is 14.7 Å². The Labute approximate surface area is 462 Å². The normalized spacial score (nSPS) is 13.5. The van der Waals surface area contributed by atoms with Gasteiger partial charge in [0.2, 0.25) is 0 Å². The fourth-order valence-corrected chi connectivity index (χ4v) is 13.7. The van der Waals surface area contributed by atoms with Crippen LogP contribution in [0.5, 0.6) is 0 Å². The van der Waals surface area contributed by atoms with Gasteiger partial charge >= 0.3 is 0 Å². The van der Waals surface area contributed by atoms with Crippen molar-refractivity contribution < 1.29 is 0 Å². The summed E-state index contributed by atoms with van der Waals surface area (Å²) in [5.74, 6) is 0. The van der Waals surface area contributed by atoms with Gasteiger partial charge in [-0.05, 0) is 128 Å². The molecule has 0 spiro atoms. The van der Waals surface area contributed by atoms with Gasteiger partial charge in [-0.1, -0.05) is 228 Å². The summed E-state index contributed by atoms with van der Waals surface area (Å²) in [7, 11) is 0. The predicted molar refractivity (Wildman–Crippen MR) is 336 cm³/mol. The van der Waals surface area contributed by atoms with E-state index in [0.717, 1.165) is 72.7 Å². The number of rotatable bonds is 9. The Morgan fingerprint density at radius 1 is 0.215 bits per heavy atom. The minimum atomic E-state index is -0.190. The maximum Gasteiger partial charge on any atom is 0.0543 e. The molecule has 3 nitrogen and oxygen atoms in total. The maximum absolute atomic E-state index is 2.51. The average Bonchev–Trinajstić information content (AvgIpc) is 3.77. The number of para-hydroxylation sites is 3. The lowest BCUT2D eigenvalue weighted by molar-refractivity contribution is 0.661. The van der Waals surface area contributed by atoms with Crippen LogP contribution in [0.2, 0.25) is 0 Å². The van der Waals surface area contributed by atoms with Crippen LogP contribution >= 0.6 is 0 Å². The summed E-state index contributed by atoms with van der Waals surface area (Å²) >= 11 is 0. The van der Waals surface area contributed by atoms with E-state index < -0.39 is 0 Å². The van der Waals surface area contributed by atoms with E-state index in [1.165, 1.54) is 66.1 Å². The molecule has 0 aliphatic heterocycles. The Balaban J connectivity index is 0.944. The molecule has 0 fully saturated rings. The summed E-state index contributed by atoms with van der Waals surface area (Å²) in [5, 5.41) is 9.58. The molecule has 0 N–H and O–H groups in total. The zero-order valence-electron chi connectivity index (χ0n) is 44.8. The summed E-state index contributed by atoms with van der Waals surface area (Å²) < 4.78 is 0. The number of anilines is 9. The molecule has 13 aromatic carbocycles. The van der Waals surface area contributed by atoms with Crippen LogP contribution in [-0.2, 0) is 10.8 Å². The second kappa shape index (κ2) is 17.9. The van der Waals surface area contributed by atoms with Gasteiger partial charge in [-0.3, -0.25) is 0 Å². The largest absolute Gasteiger partial charge is 0.309 e. The molecule has 0 saturated heterocycles. The van der Waals surface area contributed by atoms with E-state index in [-0.39, 0.29) is 10.8 Å². The van der Waals surface area contributed by atoms with E-state index in [1.807, 2.05) is 0 Å². The fraction of sp³-hybridized carbons (Fsp3) is 0.0789. The molecule has 0 heterocycles. The second-order valence-electron chi connectivity index (χ2n) is 22.4. The van der Waals surface area contributed by atoms with E-state index in [4.69, 9.17) is 0 Å². The molecule has 2 aliphatic rings. The topological polar surface area (TPSA) is 9.72 Å². The molecule has 376 valence electrons. The van der Waals surface area contributed by atoms with Gasteiger partial charge in [0.15, 0.2) is 0 Å². The molecule has 0 atom stereocenters. The molecule has 0 bridgehead atoms. The molecule has 0 aromatic heterocycles. The molecule has 2 aliphatic carbocycles. The third kappa shape index (κ3) is 7.05. The van der Waals surface area contributed by atoms with Gasteiger partial charge in [0.1, 0.15) is 0 Å². The smallest absolute Gasteiger partial charge is 0.0543 e. The third-order valence-electron chi connectivity index (χ3n) is 17.4. The minimum Gasteiger partial charge on any atom is -0.309 e. The highest BCUT2D eigenvalue weighted by Crippen LogP contribution is 2.58. The van der Waals surface area contributed by atoms with Crippen molar-refractivity contribution >= 4 is 94.3 Å². The number of hydrogen-bond acceptors (Lipinski definition) is 3. The quantitative estimate of drug-likeness (QED) is 0.143. The highest BCUT2D eigenvalue weighted by atomic mass is 15.2. The van der Waals surface area contributed by atoms with Crippen molar-refractivity contribution in [3.8, 4) is 22.3 Å². The van der Waals surface area contributed by atoms with Crippen LogP contribution in [0.4, 0.5) is 51.2 Å². The Kier molecular flexibility index (Phi) is 10.6. The van der Waals surface area contributed by atoms with Crippen molar-refractivity contribution in [2.45, 2.75) is 38.5 Å². The van der Waals surface area contributed by atoms with Gasteiger partial charge in [-0.2, -0.15) is 0 Å². The zero-order valence-corrected chi connectivity index (χ0v) is 44.8. The van der Waals surface area contributed by atoms with E-state index in [1.54, 1.807) is 0 Å².